The summed E-state index contributed by atoms with van der Waals surface area (Å²) in [6.45, 7) is 6.02. The molecule has 0 aromatic heterocycles. The molecule has 1 aromatic carbocycles. The van der Waals surface area contributed by atoms with Crippen molar-refractivity contribution in [1.82, 2.24) is 10.2 Å². The Morgan fingerprint density at radius 1 is 1.35 bits per heavy atom. The van der Waals surface area contributed by atoms with Crippen molar-refractivity contribution in [1.29, 1.82) is 5.26 Å². The summed E-state index contributed by atoms with van der Waals surface area (Å²) in [5.74, 6) is 0.165. The van der Waals surface area contributed by atoms with Crippen LogP contribution < -0.4 is 5.32 Å². The van der Waals surface area contributed by atoms with Gasteiger partial charge in [-0.05, 0) is 44.1 Å². The molecule has 1 N–H and O–H groups in total. The molecule has 3 nitrogen and oxygen atoms in total. The number of nitrogens with one attached hydrogen (secondary N) is 1. The predicted molar refractivity (Wildman–Crippen MR) is 79.8 cm³/mol. The third kappa shape index (κ3) is 5.68. The van der Waals surface area contributed by atoms with Crippen LogP contribution in [0.4, 0.5) is 4.39 Å². The summed E-state index contributed by atoms with van der Waals surface area (Å²) in [4.78, 5) is 2.16. The van der Waals surface area contributed by atoms with Crippen LogP contribution in [-0.2, 0) is 6.54 Å². The van der Waals surface area contributed by atoms with Gasteiger partial charge >= 0.3 is 0 Å². The van der Waals surface area contributed by atoms with Crippen LogP contribution in [0.15, 0.2) is 18.2 Å². The van der Waals surface area contributed by atoms with E-state index in [0.29, 0.717) is 18.5 Å². The van der Waals surface area contributed by atoms with E-state index in [4.69, 9.17) is 5.26 Å². The second-order valence-electron chi connectivity index (χ2n) is 5.90. The quantitative estimate of drug-likeness (QED) is 0.833. The molecule has 1 unspecified atom stereocenters. The lowest BCUT2D eigenvalue weighted by Gasteiger charge is -2.24. The second-order valence-corrected chi connectivity index (χ2v) is 5.90. The standard InChI is InChI=1S/C16H24FN3/c1-12(2)7-15(11-20(3)4)19-10-13-5-6-16(17)14(8-13)9-18/h5-6,8,12,15,19H,7,10-11H2,1-4H3. The molecule has 0 spiro atoms. The van der Waals surface area contributed by atoms with Crippen LogP contribution in [0.5, 0.6) is 0 Å². The van der Waals surface area contributed by atoms with Crippen molar-refractivity contribution in [2.75, 3.05) is 20.6 Å². The van der Waals surface area contributed by atoms with Crippen LogP contribution in [0, 0.1) is 23.1 Å². The molecule has 110 valence electrons. The summed E-state index contributed by atoms with van der Waals surface area (Å²) in [6.07, 6.45) is 1.09. The molecule has 1 rings (SSSR count). The molecule has 0 bridgehead atoms. The minimum Gasteiger partial charge on any atom is -0.309 e. The lowest BCUT2D eigenvalue weighted by Crippen LogP contribution is -2.38. The van der Waals surface area contributed by atoms with Crippen LogP contribution in [0.1, 0.15) is 31.4 Å². The van der Waals surface area contributed by atoms with Crippen LogP contribution in [0.2, 0.25) is 0 Å². The first-order valence-corrected chi connectivity index (χ1v) is 6.99. The van der Waals surface area contributed by atoms with Gasteiger partial charge in [-0.1, -0.05) is 19.9 Å². The third-order valence-electron chi connectivity index (χ3n) is 3.09. The molecule has 0 aliphatic heterocycles. The number of nitrogens with zero attached hydrogens (tertiary/aromatic N) is 2. The first-order valence-electron chi connectivity index (χ1n) is 6.99. The Hall–Kier alpha value is -1.44. The molecule has 1 atom stereocenters. The zero-order chi connectivity index (χ0) is 15.1. The van der Waals surface area contributed by atoms with E-state index in [0.717, 1.165) is 18.5 Å². The largest absolute Gasteiger partial charge is 0.309 e. The minimum atomic E-state index is -0.455. The molecule has 0 aliphatic rings. The smallest absolute Gasteiger partial charge is 0.140 e. The maximum atomic E-state index is 13.3. The van der Waals surface area contributed by atoms with E-state index in [1.807, 2.05) is 6.07 Å². The number of nitriles is 1. The fourth-order valence-corrected chi connectivity index (χ4v) is 2.26. The molecule has 0 aliphatic carbocycles. The van der Waals surface area contributed by atoms with Crippen molar-refractivity contribution < 1.29 is 4.39 Å². The first kappa shape index (κ1) is 16.6. The van der Waals surface area contributed by atoms with E-state index in [1.54, 1.807) is 12.1 Å². The molecule has 1 aromatic rings. The Kier molecular flexibility index (Phi) is 6.63. The summed E-state index contributed by atoms with van der Waals surface area (Å²) in [5, 5.41) is 12.3. The van der Waals surface area contributed by atoms with Crippen molar-refractivity contribution in [3.63, 3.8) is 0 Å². The molecule has 0 saturated heterocycles. The fraction of sp³-hybridized carbons (Fsp3) is 0.562. The number of halogens is 1. The topological polar surface area (TPSA) is 39.1 Å². The Balaban J connectivity index is 2.64. The lowest BCUT2D eigenvalue weighted by molar-refractivity contribution is 0.305. The molecular formula is C16H24FN3. The minimum absolute atomic E-state index is 0.109. The number of hydrogen-bond donors (Lipinski definition) is 1. The van der Waals surface area contributed by atoms with Gasteiger partial charge in [0.05, 0.1) is 5.56 Å². The first-order chi connectivity index (χ1) is 9.42. The van der Waals surface area contributed by atoms with Gasteiger partial charge in [0.25, 0.3) is 0 Å². The molecular weight excluding hydrogens is 253 g/mol. The molecule has 0 saturated carbocycles. The van der Waals surface area contributed by atoms with Gasteiger partial charge in [-0.25, -0.2) is 4.39 Å². The zero-order valence-corrected chi connectivity index (χ0v) is 12.8. The molecule has 0 radical (unpaired) electrons. The Bertz CT molecular complexity index is 453. The van der Waals surface area contributed by atoms with Gasteiger partial charge in [-0.15, -0.1) is 0 Å². The van der Waals surface area contributed by atoms with Gasteiger partial charge in [0.15, 0.2) is 0 Å². The van der Waals surface area contributed by atoms with E-state index in [2.05, 4.69) is 38.2 Å². The van der Waals surface area contributed by atoms with Gasteiger partial charge in [-0.3, -0.25) is 0 Å². The van der Waals surface area contributed by atoms with Gasteiger partial charge in [0, 0.05) is 19.1 Å². The van der Waals surface area contributed by atoms with E-state index >= 15 is 0 Å². The summed E-state index contributed by atoms with van der Waals surface area (Å²) in [7, 11) is 4.11. The van der Waals surface area contributed by atoms with Crippen molar-refractivity contribution in [2.45, 2.75) is 32.9 Å². The Labute approximate surface area is 121 Å². The predicted octanol–water partition coefficient (Wildman–Crippen LogP) is 2.76. The van der Waals surface area contributed by atoms with Crippen molar-refractivity contribution in [2.24, 2.45) is 5.92 Å². The molecule has 0 heterocycles. The van der Waals surface area contributed by atoms with Gasteiger partial charge in [0.1, 0.15) is 11.9 Å². The van der Waals surface area contributed by atoms with E-state index in [9.17, 15) is 4.39 Å². The summed E-state index contributed by atoms with van der Waals surface area (Å²) in [6, 6.07) is 6.97. The monoisotopic (exact) mass is 277 g/mol. The Morgan fingerprint density at radius 2 is 2.05 bits per heavy atom. The summed E-state index contributed by atoms with van der Waals surface area (Å²) in [5.41, 5.74) is 1.05. The van der Waals surface area contributed by atoms with E-state index in [1.165, 1.54) is 6.07 Å². The van der Waals surface area contributed by atoms with Crippen LogP contribution in [-0.4, -0.2) is 31.6 Å². The number of hydrogen-bond acceptors (Lipinski definition) is 3. The van der Waals surface area contributed by atoms with Crippen LogP contribution in [0.25, 0.3) is 0 Å². The maximum Gasteiger partial charge on any atom is 0.140 e. The number of rotatable bonds is 7. The molecule has 20 heavy (non-hydrogen) atoms. The molecule has 4 heteroatoms. The van der Waals surface area contributed by atoms with Crippen molar-refractivity contribution >= 4 is 0 Å². The number of likely N-dealkylation sites (N-methyl/N-ethyl adjacent to an activating group) is 1. The summed E-state index contributed by atoms with van der Waals surface area (Å²) < 4.78 is 13.3. The lowest BCUT2D eigenvalue weighted by atomic mass is 10.0. The van der Waals surface area contributed by atoms with Crippen LogP contribution >= 0.6 is 0 Å². The summed E-state index contributed by atoms with van der Waals surface area (Å²) >= 11 is 0. The maximum absolute atomic E-state index is 13.3. The highest BCUT2D eigenvalue weighted by molar-refractivity contribution is 5.34. The highest BCUT2D eigenvalue weighted by atomic mass is 19.1. The third-order valence-corrected chi connectivity index (χ3v) is 3.09. The van der Waals surface area contributed by atoms with E-state index < -0.39 is 5.82 Å². The van der Waals surface area contributed by atoms with Gasteiger partial charge in [0.2, 0.25) is 0 Å². The second kappa shape index (κ2) is 7.98. The zero-order valence-electron chi connectivity index (χ0n) is 12.8. The SMILES string of the molecule is CC(C)CC(CN(C)C)NCc1ccc(F)c(C#N)c1. The average molecular weight is 277 g/mol. The molecule has 0 amide bonds. The van der Waals surface area contributed by atoms with Crippen molar-refractivity contribution in [3.05, 3.63) is 35.1 Å². The Morgan fingerprint density at radius 3 is 2.60 bits per heavy atom. The fourth-order valence-electron chi connectivity index (χ4n) is 2.26. The van der Waals surface area contributed by atoms with Gasteiger partial charge < -0.3 is 10.2 Å². The van der Waals surface area contributed by atoms with Crippen LogP contribution in [0.3, 0.4) is 0 Å². The van der Waals surface area contributed by atoms with Gasteiger partial charge in [-0.2, -0.15) is 5.26 Å². The molecule has 0 fully saturated rings. The number of benzene rings is 1. The van der Waals surface area contributed by atoms with E-state index in [-0.39, 0.29) is 5.56 Å². The highest BCUT2D eigenvalue weighted by Crippen LogP contribution is 2.11. The normalized spacial score (nSPS) is 12.7. The highest BCUT2D eigenvalue weighted by Gasteiger charge is 2.12. The average Bonchev–Trinajstić information content (AvgIpc) is 2.36. The van der Waals surface area contributed by atoms with Crippen molar-refractivity contribution in [3.8, 4) is 6.07 Å².